The molecule has 2 amide bonds. The van der Waals surface area contributed by atoms with E-state index in [1.165, 1.54) is 34.1 Å². The summed E-state index contributed by atoms with van der Waals surface area (Å²) in [6, 6.07) is 5.47. The minimum absolute atomic E-state index is 0.0269. The number of rotatable bonds is 4. The van der Waals surface area contributed by atoms with Crippen LogP contribution in [0.4, 0.5) is 0 Å². The molecule has 0 aliphatic carbocycles. The summed E-state index contributed by atoms with van der Waals surface area (Å²) in [5.41, 5.74) is 0.740. The van der Waals surface area contributed by atoms with E-state index in [1.54, 1.807) is 14.1 Å². The Balaban J connectivity index is 1.67. The first-order valence-corrected chi connectivity index (χ1v) is 12.7. The fourth-order valence-corrected chi connectivity index (χ4v) is 7.20. The first-order chi connectivity index (χ1) is 13.0. The van der Waals surface area contributed by atoms with Crippen LogP contribution < -0.4 is 0 Å². The third-order valence-electron chi connectivity index (χ3n) is 5.53. The summed E-state index contributed by atoms with van der Waals surface area (Å²) in [6.07, 6.45) is 0.854. The molecule has 2 saturated heterocycles. The molecule has 0 bridgehead atoms. The maximum atomic E-state index is 12.6. The van der Waals surface area contributed by atoms with E-state index in [2.05, 4.69) is 0 Å². The monoisotopic (exact) mass is 428 g/mol. The molecule has 0 unspecified atom stereocenters. The standard InChI is InChI=1S/C18H24N2O6S2/c1-19(15-7-9-27(23,24)11-15)17(21)13-3-5-14(6-4-13)18(22)20(2)16-8-10-28(25,26)12-16/h3-6,15-16H,7-12H2,1-2H3/t15-,16-/m1/s1. The van der Waals surface area contributed by atoms with Gasteiger partial charge >= 0.3 is 0 Å². The van der Waals surface area contributed by atoms with Crippen molar-refractivity contribution >= 4 is 31.5 Å². The summed E-state index contributed by atoms with van der Waals surface area (Å²) < 4.78 is 46.5. The van der Waals surface area contributed by atoms with Crippen molar-refractivity contribution in [2.24, 2.45) is 0 Å². The highest BCUT2D eigenvalue weighted by atomic mass is 32.2. The van der Waals surface area contributed by atoms with Gasteiger partial charge in [-0.05, 0) is 37.1 Å². The Morgan fingerprint density at radius 1 is 0.750 bits per heavy atom. The molecule has 0 radical (unpaired) electrons. The topological polar surface area (TPSA) is 109 Å². The normalized spacial score (nSPS) is 25.4. The van der Waals surface area contributed by atoms with Gasteiger partial charge in [0.15, 0.2) is 19.7 Å². The number of sulfone groups is 2. The Morgan fingerprint density at radius 2 is 1.07 bits per heavy atom. The van der Waals surface area contributed by atoms with Crippen LogP contribution in [0.5, 0.6) is 0 Å². The molecule has 2 atom stereocenters. The van der Waals surface area contributed by atoms with Crippen LogP contribution >= 0.6 is 0 Å². The number of hydrogen-bond donors (Lipinski definition) is 0. The van der Waals surface area contributed by atoms with Gasteiger partial charge in [0.05, 0.1) is 23.0 Å². The zero-order chi connectivity index (χ0) is 20.7. The Hall–Kier alpha value is -1.94. The van der Waals surface area contributed by atoms with Crippen molar-refractivity contribution in [2.45, 2.75) is 24.9 Å². The van der Waals surface area contributed by atoms with Crippen molar-refractivity contribution in [2.75, 3.05) is 37.1 Å². The molecule has 10 heteroatoms. The van der Waals surface area contributed by atoms with Gasteiger partial charge in [-0.1, -0.05) is 0 Å². The van der Waals surface area contributed by atoms with Crippen LogP contribution in [0.3, 0.4) is 0 Å². The highest BCUT2D eigenvalue weighted by molar-refractivity contribution is 7.91. The number of carbonyl (C=O) groups excluding carboxylic acids is 2. The molecule has 1 aromatic rings. The number of amides is 2. The van der Waals surface area contributed by atoms with Gasteiger partial charge in [-0.2, -0.15) is 0 Å². The summed E-state index contributed by atoms with van der Waals surface area (Å²) in [6.45, 7) is 0. The van der Waals surface area contributed by atoms with Crippen LogP contribution in [0.2, 0.25) is 0 Å². The second-order valence-electron chi connectivity index (χ2n) is 7.52. The van der Waals surface area contributed by atoms with Gasteiger partial charge in [-0.15, -0.1) is 0 Å². The summed E-state index contributed by atoms with van der Waals surface area (Å²) >= 11 is 0. The lowest BCUT2D eigenvalue weighted by Gasteiger charge is -2.24. The van der Waals surface area contributed by atoms with Gasteiger partial charge < -0.3 is 9.80 Å². The lowest BCUT2D eigenvalue weighted by atomic mass is 10.1. The maximum Gasteiger partial charge on any atom is 0.253 e. The van der Waals surface area contributed by atoms with Crippen molar-refractivity contribution in [3.05, 3.63) is 35.4 Å². The second-order valence-corrected chi connectivity index (χ2v) is 12.0. The zero-order valence-electron chi connectivity index (χ0n) is 15.9. The number of carbonyl (C=O) groups is 2. The largest absolute Gasteiger partial charge is 0.338 e. The van der Waals surface area contributed by atoms with Crippen molar-refractivity contribution < 1.29 is 26.4 Å². The van der Waals surface area contributed by atoms with E-state index in [1.807, 2.05) is 0 Å². The van der Waals surface area contributed by atoms with Crippen molar-refractivity contribution in [1.29, 1.82) is 0 Å². The van der Waals surface area contributed by atoms with Gasteiger partial charge in [-0.3, -0.25) is 9.59 Å². The Labute approximate surface area is 165 Å². The smallest absolute Gasteiger partial charge is 0.253 e. The molecule has 2 aliphatic heterocycles. The van der Waals surface area contributed by atoms with E-state index in [4.69, 9.17) is 0 Å². The van der Waals surface area contributed by atoms with Gasteiger partial charge in [-0.25, -0.2) is 16.8 Å². The zero-order valence-corrected chi connectivity index (χ0v) is 17.5. The molecule has 28 heavy (non-hydrogen) atoms. The van der Waals surface area contributed by atoms with Gasteiger partial charge in [0, 0.05) is 37.3 Å². The number of hydrogen-bond acceptors (Lipinski definition) is 6. The molecule has 2 fully saturated rings. The van der Waals surface area contributed by atoms with Crippen LogP contribution in [0.1, 0.15) is 33.6 Å². The van der Waals surface area contributed by atoms with E-state index in [9.17, 15) is 26.4 Å². The molecule has 1 aromatic carbocycles. The molecule has 2 aliphatic rings. The van der Waals surface area contributed by atoms with Crippen LogP contribution in [0.25, 0.3) is 0 Å². The van der Waals surface area contributed by atoms with Crippen LogP contribution in [0.15, 0.2) is 24.3 Å². The lowest BCUT2D eigenvalue weighted by Crippen LogP contribution is -2.38. The number of nitrogens with zero attached hydrogens (tertiary/aromatic N) is 2. The highest BCUT2D eigenvalue weighted by Crippen LogP contribution is 2.21. The van der Waals surface area contributed by atoms with Crippen LogP contribution in [-0.4, -0.2) is 87.6 Å². The van der Waals surface area contributed by atoms with E-state index in [-0.39, 0.29) is 46.9 Å². The fourth-order valence-electron chi connectivity index (χ4n) is 3.66. The second kappa shape index (κ2) is 7.47. The fraction of sp³-hybridized carbons (Fsp3) is 0.556. The molecule has 0 N–H and O–H groups in total. The van der Waals surface area contributed by atoms with Gasteiger partial charge in [0.25, 0.3) is 11.8 Å². The Kier molecular flexibility index (Phi) is 5.55. The molecule has 0 saturated carbocycles. The third-order valence-corrected chi connectivity index (χ3v) is 9.03. The van der Waals surface area contributed by atoms with E-state index in [0.29, 0.717) is 24.0 Å². The molecule has 0 spiro atoms. The molecule has 154 valence electrons. The Bertz CT molecular complexity index is 904. The third kappa shape index (κ3) is 4.38. The van der Waals surface area contributed by atoms with Gasteiger partial charge in [0.1, 0.15) is 0 Å². The Morgan fingerprint density at radius 3 is 1.32 bits per heavy atom. The SMILES string of the molecule is CN(C(=O)c1ccc(C(=O)N(C)[C@@H]2CCS(=O)(=O)C2)cc1)[C@@H]1CCS(=O)(=O)C1. The summed E-state index contributed by atoms with van der Waals surface area (Å²) in [7, 11) is -3.01. The maximum absolute atomic E-state index is 12.6. The van der Waals surface area contributed by atoms with Gasteiger partial charge in [0.2, 0.25) is 0 Å². The summed E-state index contributed by atoms with van der Waals surface area (Å²) in [5.74, 6) is -0.465. The average molecular weight is 429 g/mol. The van der Waals surface area contributed by atoms with Crippen molar-refractivity contribution in [1.82, 2.24) is 9.80 Å². The minimum atomic E-state index is -3.09. The van der Waals surface area contributed by atoms with E-state index < -0.39 is 19.7 Å². The molecule has 8 nitrogen and oxygen atoms in total. The quantitative estimate of drug-likeness (QED) is 0.678. The van der Waals surface area contributed by atoms with E-state index >= 15 is 0 Å². The predicted molar refractivity (Wildman–Crippen MR) is 105 cm³/mol. The van der Waals surface area contributed by atoms with Crippen LogP contribution in [-0.2, 0) is 19.7 Å². The molecule has 2 heterocycles. The predicted octanol–water partition coefficient (Wildman–Crippen LogP) is 0.205. The molecule has 0 aromatic heterocycles. The average Bonchev–Trinajstić information content (AvgIpc) is 3.20. The molecular weight excluding hydrogens is 404 g/mol. The van der Waals surface area contributed by atoms with Crippen molar-refractivity contribution in [3.63, 3.8) is 0 Å². The highest BCUT2D eigenvalue weighted by Gasteiger charge is 2.34. The summed E-state index contributed by atoms with van der Waals surface area (Å²) in [4.78, 5) is 28.1. The molecule has 3 rings (SSSR count). The summed E-state index contributed by atoms with van der Waals surface area (Å²) in [5, 5.41) is 0. The lowest BCUT2D eigenvalue weighted by molar-refractivity contribution is 0.0735. The number of benzene rings is 1. The first-order valence-electron chi connectivity index (χ1n) is 9.04. The minimum Gasteiger partial charge on any atom is -0.338 e. The first kappa shape index (κ1) is 20.8. The molecular formula is C18H24N2O6S2. The van der Waals surface area contributed by atoms with Crippen molar-refractivity contribution in [3.8, 4) is 0 Å². The van der Waals surface area contributed by atoms with E-state index in [0.717, 1.165) is 0 Å². The van der Waals surface area contributed by atoms with Crippen LogP contribution in [0, 0.1) is 0 Å².